The van der Waals surface area contributed by atoms with Crippen molar-refractivity contribution in [3.05, 3.63) is 82.5 Å². The van der Waals surface area contributed by atoms with Crippen LogP contribution in [0.2, 0.25) is 0 Å². The fraction of sp³-hybridized carbons (Fsp3) is 0.174. The molecule has 1 N–H and O–H groups in total. The first kappa shape index (κ1) is 19.3. The van der Waals surface area contributed by atoms with Gasteiger partial charge in [-0.05, 0) is 48.4 Å². The van der Waals surface area contributed by atoms with E-state index in [0.29, 0.717) is 12.1 Å². The SMILES string of the molecule is CCCn1c(-c2cccc(C(=O)NCc3cccc(Br)c3)c2)nc2cccnc21. The number of rotatable bonds is 6. The summed E-state index contributed by atoms with van der Waals surface area (Å²) in [5.41, 5.74) is 4.29. The van der Waals surface area contributed by atoms with Crippen LogP contribution < -0.4 is 5.32 Å². The molecular weight excluding hydrogens is 428 g/mol. The molecule has 0 saturated heterocycles. The van der Waals surface area contributed by atoms with Crippen molar-refractivity contribution in [2.24, 2.45) is 0 Å². The molecule has 0 aliphatic carbocycles. The van der Waals surface area contributed by atoms with E-state index < -0.39 is 0 Å². The molecular formula is C23H21BrN4O. The molecule has 5 nitrogen and oxygen atoms in total. The Morgan fingerprint density at radius 1 is 1.10 bits per heavy atom. The number of fused-ring (bicyclic) bond motifs is 1. The molecule has 29 heavy (non-hydrogen) atoms. The number of aryl methyl sites for hydroxylation is 1. The number of imidazole rings is 1. The van der Waals surface area contributed by atoms with Gasteiger partial charge in [0.25, 0.3) is 5.91 Å². The Bertz CT molecular complexity index is 1170. The van der Waals surface area contributed by atoms with Gasteiger partial charge in [-0.2, -0.15) is 0 Å². The lowest BCUT2D eigenvalue weighted by Gasteiger charge is -2.09. The minimum atomic E-state index is -0.108. The quantitative estimate of drug-likeness (QED) is 0.440. The van der Waals surface area contributed by atoms with Crippen LogP contribution in [0.5, 0.6) is 0 Å². The predicted octanol–water partition coefficient (Wildman–Crippen LogP) is 5.20. The number of benzene rings is 2. The van der Waals surface area contributed by atoms with Gasteiger partial charge in [-0.15, -0.1) is 0 Å². The number of hydrogen-bond acceptors (Lipinski definition) is 3. The molecule has 0 atom stereocenters. The zero-order chi connectivity index (χ0) is 20.2. The van der Waals surface area contributed by atoms with Crippen LogP contribution in [-0.4, -0.2) is 20.4 Å². The minimum Gasteiger partial charge on any atom is -0.348 e. The van der Waals surface area contributed by atoms with E-state index in [2.05, 4.69) is 37.7 Å². The fourth-order valence-corrected chi connectivity index (χ4v) is 3.79. The zero-order valence-corrected chi connectivity index (χ0v) is 17.7. The van der Waals surface area contributed by atoms with Crippen molar-refractivity contribution >= 4 is 33.0 Å². The van der Waals surface area contributed by atoms with E-state index in [1.807, 2.05) is 60.7 Å². The highest BCUT2D eigenvalue weighted by Crippen LogP contribution is 2.25. The summed E-state index contributed by atoms with van der Waals surface area (Å²) in [7, 11) is 0. The van der Waals surface area contributed by atoms with Gasteiger partial charge < -0.3 is 9.88 Å². The molecule has 4 rings (SSSR count). The standard InChI is InChI=1S/C23H21BrN4O/c1-2-12-28-21(27-20-10-5-11-25-22(20)28)17-7-4-8-18(14-17)23(29)26-15-16-6-3-9-19(24)13-16/h3-11,13-14H,2,12,15H2,1H3,(H,26,29). The van der Waals surface area contributed by atoms with E-state index in [1.54, 1.807) is 6.20 Å². The monoisotopic (exact) mass is 448 g/mol. The van der Waals surface area contributed by atoms with Gasteiger partial charge in [0, 0.05) is 34.9 Å². The molecule has 0 spiro atoms. The number of amides is 1. The Labute approximate surface area is 177 Å². The number of aromatic nitrogens is 3. The zero-order valence-electron chi connectivity index (χ0n) is 16.1. The molecule has 2 heterocycles. The van der Waals surface area contributed by atoms with Crippen LogP contribution in [0.1, 0.15) is 29.3 Å². The third-order valence-corrected chi connectivity index (χ3v) is 5.17. The summed E-state index contributed by atoms with van der Waals surface area (Å²) in [6.45, 7) is 3.42. The number of nitrogens with one attached hydrogen (secondary N) is 1. The number of carbonyl (C=O) groups excluding carboxylic acids is 1. The molecule has 0 fully saturated rings. The van der Waals surface area contributed by atoms with E-state index in [1.165, 1.54) is 0 Å². The van der Waals surface area contributed by atoms with Crippen molar-refractivity contribution in [2.45, 2.75) is 26.4 Å². The summed E-state index contributed by atoms with van der Waals surface area (Å²) in [5, 5.41) is 2.99. The molecule has 1 amide bonds. The van der Waals surface area contributed by atoms with Gasteiger partial charge in [0.1, 0.15) is 11.3 Å². The number of carbonyl (C=O) groups is 1. The average molecular weight is 449 g/mol. The summed E-state index contributed by atoms with van der Waals surface area (Å²) in [6.07, 6.45) is 2.76. The van der Waals surface area contributed by atoms with Crippen molar-refractivity contribution in [2.75, 3.05) is 0 Å². The Balaban J connectivity index is 1.61. The molecule has 2 aromatic carbocycles. The van der Waals surface area contributed by atoms with Gasteiger partial charge in [-0.3, -0.25) is 4.79 Å². The summed E-state index contributed by atoms with van der Waals surface area (Å²) < 4.78 is 3.11. The predicted molar refractivity (Wildman–Crippen MR) is 119 cm³/mol. The number of hydrogen-bond donors (Lipinski definition) is 1. The van der Waals surface area contributed by atoms with Gasteiger partial charge in [0.15, 0.2) is 5.65 Å². The molecule has 0 bridgehead atoms. The second-order valence-electron chi connectivity index (χ2n) is 6.83. The summed E-state index contributed by atoms with van der Waals surface area (Å²) in [4.78, 5) is 22.0. The van der Waals surface area contributed by atoms with Crippen molar-refractivity contribution in [1.29, 1.82) is 0 Å². The van der Waals surface area contributed by atoms with E-state index in [0.717, 1.165) is 45.6 Å². The molecule has 6 heteroatoms. The molecule has 0 unspecified atom stereocenters. The van der Waals surface area contributed by atoms with Gasteiger partial charge in [-0.25, -0.2) is 9.97 Å². The topological polar surface area (TPSA) is 59.8 Å². The Kier molecular flexibility index (Phi) is 5.71. The maximum absolute atomic E-state index is 12.7. The summed E-state index contributed by atoms with van der Waals surface area (Å²) >= 11 is 3.46. The molecule has 0 radical (unpaired) electrons. The number of nitrogens with zero attached hydrogens (tertiary/aromatic N) is 3. The highest BCUT2D eigenvalue weighted by molar-refractivity contribution is 9.10. The fourth-order valence-electron chi connectivity index (χ4n) is 3.35. The van der Waals surface area contributed by atoms with E-state index in [-0.39, 0.29) is 5.91 Å². The van der Waals surface area contributed by atoms with Crippen LogP contribution in [0.25, 0.3) is 22.6 Å². The lowest BCUT2D eigenvalue weighted by Crippen LogP contribution is -2.22. The Morgan fingerprint density at radius 2 is 1.97 bits per heavy atom. The highest BCUT2D eigenvalue weighted by atomic mass is 79.9. The van der Waals surface area contributed by atoms with E-state index >= 15 is 0 Å². The number of halogens is 1. The first-order chi connectivity index (χ1) is 14.2. The molecule has 0 aliphatic heterocycles. The van der Waals surface area contributed by atoms with Crippen LogP contribution in [0.4, 0.5) is 0 Å². The van der Waals surface area contributed by atoms with Crippen LogP contribution in [-0.2, 0) is 13.1 Å². The summed E-state index contributed by atoms with van der Waals surface area (Å²) in [6, 6.07) is 19.4. The molecule has 0 aliphatic rings. The van der Waals surface area contributed by atoms with Gasteiger partial charge >= 0.3 is 0 Å². The largest absolute Gasteiger partial charge is 0.348 e. The van der Waals surface area contributed by atoms with Gasteiger partial charge in [0.05, 0.1) is 0 Å². The molecule has 146 valence electrons. The Hall–Kier alpha value is -2.99. The first-order valence-corrected chi connectivity index (χ1v) is 10.4. The second-order valence-corrected chi connectivity index (χ2v) is 7.74. The van der Waals surface area contributed by atoms with Crippen LogP contribution in [0.15, 0.2) is 71.3 Å². The lowest BCUT2D eigenvalue weighted by atomic mass is 10.1. The van der Waals surface area contributed by atoms with Crippen molar-refractivity contribution in [1.82, 2.24) is 19.9 Å². The Morgan fingerprint density at radius 3 is 2.79 bits per heavy atom. The van der Waals surface area contributed by atoms with Gasteiger partial charge in [-0.1, -0.05) is 47.1 Å². The summed E-state index contributed by atoms with van der Waals surface area (Å²) in [5.74, 6) is 0.727. The molecule has 2 aromatic heterocycles. The lowest BCUT2D eigenvalue weighted by molar-refractivity contribution is 0.0951. The third-order valence-electron chi connectivity index (χ3n) is 4.68. The van der Waals surface area contributed by atoms with Crippen molar-refractivity contribution in [3.8, 4) is 11.4 Å². The minimum absolute atomic E-state index is 0.108. The maximum atomic E-state index is 12.7. The average Bonchev–Trinajstić information content (AvgIpc) is 3.11. The van der Waals surface area contributed by atoms with Crippen LogP contribution in [0.3, 0.4) is 0 Å². The van der Waals surface area contributed by atoms with Crippen LogP contribution >= 0.6 is 15.9 Å². The van der Waals surface area contributed by atoms with Crippen LogP contribution in [0, 0.1) is 0 Å². The van der Waals surface area contributed by atoms with Crippen molar-refractivity contribution in [3.63, 3.8) is 0 Å². The normalized spacial score (nSPS) is 11.0. The van der Waals surface area contributed by atoms with Crippen molar-refractivity contribution < 1.29 is 4.79 Å². The van der Waals surface area contributed by atoms with E-state index in [9.17, 15) is 4.79 Å². The van der Waals surface area contributed by atoms with E-state index in [4.69, 9.17) is 4.98 Å². The smallest absolute Gasteiger partial charge is 0.251 e. The highest BCUT2D eigenvalue weighted by Gasteiger charge is 2.14. The third kappa shape index (κ3) is 4.22. The van der Waals surface area contributed by atoms with Gasteiger partial charge in [0.2, 0.25) is 0 Å². The maximum Gasteiger partial charge on any atom is 0.251 e. The number of pyridine rings is 1. The second kappa shape index (κ2) is 8.57. The molecule has 4 aromatic rings. The first-order valence-electron chi connectivity index (χ1n) is 9.60. The molecule has 0 saturated carbocycles.